The highest BCUT2D eigenvalue weighted by Crippen LogP contribution is 2.27. The fourth-order valence-corrected chi connectivity index (χ4v) is 4.89. The smallest absolute Gasteiger partial charge is 0.306 e. The normalized spacial score (nSPS) is 15.0. The van der Waals surface area contributed by atoms with Crippen molar-refractivity contribution >= 4 is 16.6 Å². The average molecular weight is 460 g/mol. The first-order chi connectivity index (χ1) is 16.6. The van der Waals surface area contributed by atoms with E-state index in [1.54, 1.807) is 24.3 Å². The van der Waals surface area contributed by atoms with Crippen LogP contribution in [-0.4, -0.2) is 34.1 Å². The number of benzene rings is 3. The number of hydrogen-bond donors (Lipinski definition) is 1. The van der Waals surface area contributed by atoms with Crippen LogP contribution in [-0.2, 0) is 0 Å². The fourth-order valence-electron chi connectivity index (χ4n) is 4.89. The zero-order valence-corrected chi connectivity index (χ0v) is 18.9. The molecule has 0 spiro atoms. The lowest BCUT2D eigenvalue weighted by atomic mass is 9.96. The maximum absolute atomic E-state index is 13.4. The minimum Gasteiger partial charge on any atom is -0.306 e. The molecule has 4 nitrogen and oxygen atoms in total. The van der Waals surface area contributed by atoms with Crippen molar-refractivity contribution in [3.05, 3.63) is 112 Å². The van der Waals surface area contributed by atoms with Crippen LogP contribution >= 0.6 is 0 Å². The molecule has 1 N–H and O–H groups in total. The Balaban J connectivity index is 1.26. The highest BCUT2D eigenvalue weighted by Gasteiger charge is 2.23. The number of para-hydroxylation sites is 2. The van der Waals surface area contributed by atoms with E-state index < -0.39 is 0 Å². The van der Waals surface area contributed by atoms with Crippen molar-refractivity contribution in [2.24, 2.45) is 0 Å². The molecule has 1 aromatic heterocycles. The van der Waals surface area contributed by atoms with Crippen molar-refractivity contribution < 1.29 is 8.78 Å². The number of aromatic nitrogens is 2. The molecule has 0 atom stereocenters. The summed E-state index contributed by atoms with van der Waals surface area (Å²) in [6.07, 6.45) is 4.82. The minimum absolute atomic E-state index is 0.0363. The molecule has 1 aliphatic heterocycles. The molecule has 1 fully saturated rings. The predicted octanol–water partition coefficient (Wildman–Crippen LogP) is 5.77. The number of H-pyrrole nitrogens is 1. The summed E-state index contributed by atoms with van der Waals surface area (Å²) in [5, 5.41) is 0. The van der Waals surface area contributed by atoms with E-state index in [-0.39, 0.29) is 23.4 Å². The largest absolute Gasteiger partial charge is 0.326 e. The summed E-state index contributed by atoms with van der Waals surface area (Å²) in [6, 6.07) is 20.9. The van der Waals surface area contributed by atoms with Crippen LogP contribution in [0, 0.1) is 11.6 Å². The molecule has 0 unspecified atom stereocenters. The molecule has 0 aliphatic carbocycles. The molecule has 2 heterocycles. The van der Waals surface area contributed by atoms with Crippen molar-refractivity contribution in [2.45, 2.75) is 25.3 Å². The second-order valence-electron chi connectivity index (χ2n) is 8.81. The lowest BCUT2D eigenvalue weighted by molar-refractivity contribution is 0.189. The molecular formula is C28H27F2N3O. The van der Waals surface area contributed by atoms with Gasteiger partial charge in [0.25, 0.3) is 0 Å². The van der Waals surface area contributed by atoms with Gasteiger partial charge in [0.1, 0.15) is 11.6 Å². The van der Waals surface area contributed by atoms with Crippen LogP contribution in [0.3, 0.4) is 0 Å². The Morgan fingerprint density at radius 3 is 2.09 bits per heavy atom. The molecule has 0 radical (unpaired) electrons. The molecule has 34 heavy (non-hydrogen) atoms. The topological polar surface area (TPSA) is 41.0 Å². The first kappa shape index (κ1) is 22.3. The van der Waals surface area contributed by atoms with Gasteiger partial charge >= 0.3 is 5.69 Å². The number of fused-ring (bicyclic) bond motifs is 1. The Hall–Kier alpha value is -3.51. The van der Waals surface area contributed by atoms with Gasteiger partial charge in [-0.05, 0) is 72.4 Å². The van der Waals surface area contributed by atoms with Crippen molar-refractivity contribution in [3.8, 4) is 0 Å². The lowest BCUT2D eigenvalue weighted by Gasteiger charge is -2.32. The van der Waals surface area contributed by atoms with Gasteiger partial charge in [-0.25, -0.2) is 13.6 Å². The summed E-state index contributed by atoms with van der Waals surface area (Å²) in [7, 11) is 0. The molecular weight excluding hydrogens is 432 g/mol. The monoisotopic (exact) mass is 459 g/mol. The number of nitrogens with one attached hydrogen (secondary N) is 1. The van der Waals surface area contributed by atoms with E-state index in [2.05, 4.69) is 16.0 Å². The molecule has 3 aromatic carbocycles. The first-order valence-electron chi connectivity index (χ1n) is 11.7. The Bertz CT molecular complexity index is 1300. The van der Waals surface area contributed by atoms with Crippen molar-refractivity contribution in [1.82, 2.24) is 14.5 Å². The molecule has 0 amide bonds. The lowest BCUT2D eigenvalue weighted by Crippen LogP contribution is -2.37. The fraction of sp³-hybridized carbons (Fsp3) is 0.250. The summed E-state index contributed by atoms with van der Waals surface area (Å²) in [5.74, 6) is -0.557. The van der Waals surface area contributed by atoms with Crippen LogP contribution in [0.5, 0.6) is 0 Å². The van der Waals surface area contributed by atoms with E-state index in [1.807, 2.05) is 28.8 Å². The number of halogens is 2. The molecule has 0 saturated carbocycles. The molecule has 0 bridgehead atoms. The number of piperidine rings is 1. The third-order valence-corrected chi connectivity index (χ3v) is 6.65. The third-order valence-electron chi connectivity index (χ3n) is 6.65. The molecule has 4 aromatic rings. The Kier molecular flexibility index (Phi) is 6.41. The van der Waals surface area contributed by atoms with Gasteiger partial charge in [-0.1, -0.05) is 42.5 Å². The molecule has 5 rings (SSSR count). The molecule has 174 valence electrons. The summed E-state index contributed by atoms with van der Waals surface area (Å²) in [4.78, 5) is 17.9. The van der Waals surface area contributed by atoms with Gasteiger partial charge in [-0.2, -0.15) is 0 Å². The Morgan fingerprint density at radius 2 is 1.47 bits per heavy atom. The highest BCUT2D eigenvalue weighted by atomic mass is 19.1. The summed E-state index contributed by atoms with van der Waals surface area (Å²) < 4.78 is 28.8. The zero-order valence-electron chi connectivity index (χ0n) is 18.9. The van der Waals surface area contributed by atoms with E-state index in [1.165, 1.54) is 24.3 Å². The maximum Gasteiger partial charge on any atom is 0.326 e. The van der Waals surface area contributed by atoms with E-state index in [0.29, 0.717) is 0 Å². The van der Waals surface area contributed by atoms with E-state index >= 15 is 0 Å². The predicted molar refractivity (Wildman–Crippen MR) is 132 cm³/mol. The number of imidazole rings is 1. The summed E-state index contributed by atoms with van der Waals surface area (Å²) in [6.45, 7) is 2.74. The number of nitrogens with zero attached hydrogens (tertiary/aromatic N) is 2. The minimum atomic E-state index is -0.278. The number of hydrogen-bond acceptors (Lipinski definition) is 2. The molecule has 1 saturated heterocycles. The van der Waals surface area contributed by atoms with Gasteiger partial charge in [-0.15, -0.1) is 0 Å². The van der Waals surface area contributed by atoms with E-state index in [9.17, 15) is 13.6 Å². The van der Waals surface area contributed by atoms with E-state index in [4.69, 9.17) is 0 Å². The second kappa shape index (κ2) is 9.77. The van der Waals surface area contributed by atoms with Crippen LogP contribution in [0.4, 0.5) is 8.78 Å². The molecule has 6 heteroatoms. The third kappa shape index (κ3) is 4.73. The van der Waals surface area contributed by atoms with Gasteiger partial charge in [0.05, 0.1) is 11.0 Å². The van der Waals surface area contributed by atoms with Crippen molar-refractivity contribution in [2.75, 3.05) is 19.6 Å². The summed E-state index contributed by atoms with van der Waals surface area (Å²) in [5.41, 5.74) is 4.60. The number of aromatic amines is 1. The van der Waals surface area contributed by atoms with E-state index in [0.717, 1.165) is 66.6 Å². The van der Waals surface area contributed by atoms with Crippen molar-refractivity contribution in [3.63, 3.8) is 0 Å². The standard InChI is InChI=1S/C28H27F2N3O/c29-22-11-7-20(8-12-22)25(21-9-13-23(30)14-10-21)4-3-17-32-18-15-24(16-19-32)33-27-6-2-1-5-26(27)31-28(33)34/h1-2,4-14,24H,3,15-19H2,(H,31,34). The van der Waals surface area contributed by atoms with Crippen LogP contribution in [0.15, 0.2) is 83.7 Å². The number of rotatable bonds is 6. The maximum atomic E-state index is 13.4. The van der Waals surface area contributed by atoms with Gasteiger partial charge in [-0.3, -0.25) is 4.57 Å². The van der Waals surface area contributed by atoms with Gasteiger partial charge < -0.3 is 9.88 Å². The SMILES string of the molecule is O=c1[nH]c2ccccc2n1C1CCN(CCC=C(c2ccc(F)cc2)c2ccc(F)cc2)CC1. The molecule has 1 aliphatic rings. The quantitative estimate of drug-likeness (QED) is 0.398. The zero-order chi connectivity index (χ0) is 23.5. The second-order valence-corrected chi connectivity index (χ2v) is 8.81. The highest BCUT2D eigenvalue weighted by molar-refractivity contribution is 5.79. The first-order valence-corrected chi connectivity index (χ1v) is 11.7. The van der Waals surface area contributed by atoms with Crippen LogP contribution in [0.1, 0.15) is 36.4 Å². The van der Waals surface area contributed by atoms with Crippen LogP contribution < -0.4 is 5.69 Å². The van der Waals surface area contributed by atoms with Gasteiger partial charge in [0, 0.05) is 25.7 Å². The summed E-state index contributed by atoms with van der Waals surface area (Å²) >= 11 is 0. The Morgan fingerprint density at radius 1 is 0.882 bits per heavy atom. The number of likely N-dealkylation sites (tertiary alicyclic amines) is 1. The van der Waals surface area contributed by atoms with Crippen LogP contribution in [0.2, 0.25) is 0 Å². The Labute approximate surface area is 197 Å². The van der Waals surface area contributed by atoms with Crippen molar-refractivity contribution in [1.29, 1.82) is 0 Å². The van der Waals surface area contributed by atoms with Crippen LogP contribution in [0.25, 0.3) is 16.6 Å². The average Bonchev–Trinajstić information content (AvgIpc) is 3.19. The van der Waals surface area contributed by atoms with Gasteiger partial charge in [0.15, 0.2) is 0 Å². The van der Waals surface area contributed by atoms with Gasteiger partial charge in [0.2, 0.25) is 0 Å².